The van der Waals surface area contributed by atoms with Gasteiger partial charge in [0, 0.05) is 0 Å². The lowest BCUT2D eigenvalue weighted by molar-refractivity contribution is -0.131. The third-order valence-electron chi connectivity index (χ3n) is 14.0. The third-order valence-corrected chi connectivity index (χ3v) is 14.0. The highest BCUT2D eigenvalue weighted by Gasteiger charge is 2.22. The molecule has 5 heteroatoms. The van der Waals surface area contributed by atoms with Gasteiger partial charge in [-0.05, 0) is 32.1 Å². The monoisotopic (exact) mass is 916 g/mol. The van der Waals surface area contributed by atoms with Gasteiger partial charge >= 0.3 is 0 Å². The minimum Gasteiger partial charge on any atom is -0.394 e. The average molecular weight is 917 g/mol. The number of carbonyl (C=O) groups excluding carboxylic acids is 1. The number of amides is 1. The number of allylic oxidation sites excluding steroid dienone is 3. The van der Waals surface area contributed by atoms with E-state index < -0.39 is 24.2 Å². The Labute approximate surface area is 407 Å². The molecule has 65 heavy (non-hydrogen) atoms. The topological polar surface area (TPSA) is 89.8 Å². The number of aliphatic hydroxyl groups excluding tert-OH is 3. The first-order chi connectivity index (χ1) is 32.1. The van der Waals surface area contributed by atoms with Gasteiger partial charge in [-0.2, -0.15) is 0 Å². The maximum atomic E-state index is 12.5. The summed E-state index contributed by atoms with van der Waals surface area (Å²) in [6.45, 7) is 4.20. The molecule has 5 nitrogen and oxygen atoms in total. The lowest BCUT2D eigenvalue weighted by atomic mass is 10.0. The van der Waals surface area contributed by atoms with Crippen LogP contribution in [0.5, 0.6) is 0 Å². The molecule has 0 saturated heterocycles. The van der Waals surface area contributed by atoms with Gasteiger partial charge in [0.1, 0.15) is 6.10 Å². The summed E-state index contributed by atoms with van der Waals surface area (Å²) < 4.78 is 0. The van der Waals surface area contributed by atoms with Crippen LogP contribution in [0.1, 0.15) is 328 Å². The van der Waals surface area contributed by atoms with E-state index in [0.717, 1.165) is 38.5 Å². The summed E-state index contributed by atoms with van der Waals surface area (Å²) in [6, 6.07) is -0.812. The summed E-state index contributed by atoms with van der Waals surface area (Å²) in [5.41, 5.74) is 0. The summed E-state index contributed by atoms with van der Waals surface area (Å²) in [4.78, 5) is 12.5. The average Bonchev–Trinajstić information content (AvgIpc) is 3.31. The van der Waals surface area contributed by atoms with Gasteiger partial charge in [-0.1, -0.05) is 321 Å². The van der Waals surface area contributed by atoms with Gasteiger partial charge in [0.15, 0.2) is 0 Å². The number of nitrogens with one attached hydrogen (secondary N) is 1. The Bertz CT molecular complexity index is 967. The second kappa shape index (κ2) is 55.4. The van der Waals surface area contributed by atoms with Crippen LogP contribution in [0.25, 0.3) is 0 Å². The van der Waals surface area contributed by atoms with E-state index in [0.29, 0.717) is 6.42 Å². The van der Waals surface area contributed by atoms with E-state index in [-0.39, 0.29) is 6.61 Å². The minimum atomic E-state index is -1.10. The van der Waals surface area contributed by atoms with Gasteiger partial charge in [0.25, 0.3) is 0 Å². The predicted octanol–water partition coefficient (Wildman–Crippen LogP) is 18.5. The molecule has 3 atom stereocenters. The second-order valence-electron chi connectivity index (χ2n) is 20.6. The van der Waals surface area contributed by atoms with Gasteiger partial charge in [-0.25, -0.2) is 0 Å². The van der Waals surface area contributed by atoms with Gasteiger partial charge < -0.3 is 20.6 Å². The van der Waals surface area contributed by atoms with Gasteiger partial charge in [0.2, 0.25) is 5.91 Å². The van der Waals surface area contributed by atoms with E-state index in [4.69, 9.17) is 0 Å². The molecule has 0 heterocycles. The Hall–Kier alpha value is -1.17. The van der Waals surface area contributed by atoms with Crippen molar-refractivity contribution in [1.29, 1.82) is 0 Å². The molecule has 0 aromatic heterocycles. The molecule has 0 aliphatic heterocycles. The highest BCUT2D eigenvalue weighted by Crippen LogP contribution is 2.18. The van der Waals surface area contributed by atoms with Gasteiger partial charge in [-0.15, -0.1) is 0 Å². The predicted molar refractivity (Wildman–Crippen MR) is 287 cm³/mol. The first-order valence-corrected chi connectivity index (χ1v) is 29.7. The van der Waals surface area contributed by atoms with Crippen molar-refractivity contribution in [3.8, 4) is 0 Å². The molecule has 4 N–H and O–H groups in total. The molecule has 0 aliphatic rings. The number of hydrogen-bond donors (Lipinski definition) is 4. The fourth-order valence-electron chi connectivity index (χ4n) is 9.44. The van der Waals surface area contributed by atoms with Crippen molar-refractivity contribution in [1.82, 2.24) is 5.32 Å². The smallest absolute Gasteiger partial charge is 0.249 e. The standard InChI is InChI=1S/C60H117NO4/c1-3-5-7-9-11-13-15-17-19-20-21-22-23-24-25-26-27-28-29-30-31-32-33-34-35-36-37-38-39-41-43-45-47-49-51-53-55-59(64)60(65)61-57(56-62)58(63)54-52-50-48-46-44-42-40-18-16-14-12-10-8-6-4-2/h44,46,52,54,57-59,62-64H,3-43,45,47-51,53,55-56H2,1-2H3,(H,61,65)/b46-44+,54-52+. The Morgan fingerprint density at radius 2 is 0.631 bits per heavy atom. The molecule has 0 spiro atoms. The van der Waals surface area contributed by atoms with Crippen LogP contribution in [0.15, 0.2) is 24.3 Å². The second-order valence-corrected chi connectivity index (χ2v) is 20.6. The zero-order valence-corrected chi connectivity index (χ0v) is 44.1. The first-order valence-electron chi connectivity index (χ1n) is 29.7. The summed E-state index contributed by atoms with van der Waals surface area (Å²) in [6.07, 6.45) is 71.5. The summed E-state index contributed by atoms with van der Waals surface area (Å²) >= 11 is 0. The molecular formula is C60H117NO4. The van der Waals surface area contributed by atoms with Crippen LogP contribution < -0.4 is 5.32 Å². The number of rotatable bonds is 55. The molecular weight excluding hydrogens is 799 g/mol. The molecule has 3 unspecified atom stereocenters. The largest absolute Gasteiger partial charge is 0.394 e. The molecule has 0 aliphatic carbocycles. The highest BCUT2D eigenvalue weighted by molar-refractivity contribution is 5.80. The van der Waals surface area contributed by atoms with Crippen LogP contribution >= 0.6 is 0 Å². The summed E-state index contributed by atoms with van der Waals surface area (Å²) in [5, 5.41) is 33.3. The van der Waals surface area contributed by atoms with Crippen molar-refractivity contribution in [2.75, 3.05) is 6.61 Å². The van der Waals surface area contributed by atoms with E-state index >= 15 is 0 Å². The van der Waals surface area contributed by atoms with Gasteiger partial charge in [0.05, 0.1) is 18.8 Å². The van der Waals surface area contributed by atoms with Crippen LogP contribution in [0.4, 0.5) is 0 Å². The normalized spacial score (nSPS) is 13.4. The minimum absolute atomic E-state index is 0.373. The molecule has 0 bridgehead atoms. The van der Waals surface area contributed by atoms with Crippen LogP contribution in [0.2, 0.25) is 0 Å². The molecule has 0 saturated carbocycles. The Morgan fingerprint density at radius 3 is 0.938 bits per heavy atom. The SMILES string of the molecule is CCCCCCCCCCC/C=C/CC/C=C/C(O)C(CO)NC(=O)C(O)CCCCCCCCCCCCCCCCCCCCCCCCCCCCCCCCCCCCCC. The Morgan fingerprint density at radius 1 is 0.369 bits per heavy atom. The van der Waals surface area contributed by atoms with Crippen LogP contribution in [0.3, 0.4) is 0 Å². The zero-order valence-electron chi connectivity index (χ0n) is 44.1. The molecule has 0 aromatic rings. The van der Waals surface area contributed by atoms with E-state index in [9.17, 15) is 20.1 Å². The summed E-state index contributed by atoms with van der Waals surface area (Å²) in [5.74, 6) is -0.507. The quantitative estimate of drug-likeness (QED) is 0.0361. The molecule has 0 radical (unpaired) electrons. The van der Waals surface area contributed by atoms with E-state index in [1.165, 1.54) is 270 Å². The van der Waals surface area contributed by atoms with Crippen molar-refractivity contribution in [2.24, 2.45) is 0 Å². The van der Waals surface area contributed by atoms with Crippen LogP contribution in [-0.2, 0) is 4.79 Å². The number of carbonyl (C=O) groups is 1. The summed E-state index contributed by atoms with van der Waals surface area (Å²) in [7, 11) is 0. The molecule has 0 aromatic carbocycles. The number of aliphatic hydroxyl groups is 3. The van der Waals surface area contributed by atoms with Crippen molar-refractivity contribution in [2.45, 2.75) is 347 Å². The maximum absolute atomic E-state index is 12.5. The lowest BCUT2D eigenvalue weighted by Crippen LogP contribution is -2.48. The first kappa shape index (κ1) is 63.8. The van der Waals surface area contributed by atoms with Crippen molar-refractivity contribution in [3.63, 3.8) is 0 Å². The van der Waals surface area contributed by atoms with E-state index in [1.807, 2.05) is 6.08 Å². The van der Waals surface area contributed by atoms with Crippen LogP contribution in [-0.4, -0.2) is 46.1 Å². The maximum Gasteiger partial charge on any atom is 0.249 e. The highest BCUT2D eigenvalue weighted by atomic mass is 16.3. The Kier molecular flexibility index (Phi) is 54.4. The molecule has 1 amide bonds. The van der Waals surface area contributed by atoms with Crippen LogP contribution in [0, 0.1) is 0 Å². The molecule has 0 rings (SSSR count). The van der Waals surface area contributed by atoms with Crippen molar-refractivity contribution in [3.05, 3.63) is 24.3 Å². The zero-order chi connectivity index (χ0) is 47.2. The van der Waals surface area contributed by atoms with Crippen molar-refractivity contribution >= 4 is 5.91 Å². The van der Waals surface area contributed by atoms with E-state index in [2.05, 4.69) is 31.3 Å². The van der Waals surface area contributed by atoms with E-state index in [1.54, 1.807) is 6.08 Å². The third kappa shape index (κ3) is 50.5. The molecule has 386 valence electrons. The molecule has 0 fully saturated rings. The number of hydrogen-bond acceptors (Lipinski definition) is 4. The van der Waals surface area contributed by atoms with Gasteiger partial charge in [-0.3, -0.25) is 4.79 Å². The fraction of sp³-hybridized carbons (Fsp3) is 0.917. The van der Waals surface area contributed by atoms with Crippen molar-refractivity contribution < 1.29 is 20.1 Å². The lowest BCUT2D eigenvalue weighted by Gasteiger charge is -2.21. The fourth-order valence-corrected chi connectivity index (χ4v) is 9.44. The Balaban J connectivity index is 3.46. The number of unbranched alkanes of at least 4 members (excludes halogenated alkanes) is 45.